The second-order valence-corrected chi connectivity index (χ2v) is 4.78. The summed E-state index contributed by atoms with van der Waals surface area (Å²) in [5.74, 6) is -1.71. The molecule has 0 atom stereocenters. The largest absolute Gasteiger partial charge is 0.871 e. The molecular formula is C15H14N2O6. The number of allylic oxidation sites excluding steroid dienone is 1. The Hall–Kier alpha value is -3.03. The Morgan fingerprint density at radius 2 is 2.00 bits per heavy atom. The summed E-state index contributed by atoms with van der Waals surface area (Å²) in [4.78, 5) is 33.5. The fraction of sp³-hybridized carbons (Fsp3) is 0.267. The van der Waals surface area contributed by atoms with Crippen LogP contribution < -0.4 is 5.11 Å². The Labute approximate surface area is 131 Å². The van der Waals surface area contributed by atoms with Gasteiger partial charge in [0.15, 0.2) is 12.6 Å². The van der Waals surface area contributed by atoms with E-state index in [4.69, 9.17) is 4.74 Å². The topological polar surface area (TPSA) is 113 Å². The van der Waals surface area contributed by atoms with Crippen LogP contribution in [0.3, 0.4) is 0 Å². The van der Waals surface area contributed by atoms with Crippen molar-refractivity contribution in [3.63, 3.8) is 0 Å². The molecular weight excluding hydrogens is 304 g/mol. The van der Waals surface area contributed by atoms with Gasteiger partial charge in [-0.3, -0.25) is 10.1 Å². The predicted molar refractivity (Wildman–Crippen MR) is 76.2 cm³/mol. The van der Waals surface area contributed by atoms with Crippen LogP contribution in [0.1, 0.15) is 25.3 Å². The van der Waals surface area contributed by atoms with Crippen molar-refractivity contribution in [3.8, 4) is 0 Å². The highest BCUT2D eigenvalue weighted by atomic mass is 16.6. The molecule has 1 heterocycles. The summed E-state index contributed by atoms with van der Waals surface area (Å²) in [6.45, 7) is 1.43. The molecule has 8 nitrogen and oxygen atoms in total. The molecule has 0 saturated heterocycles. The maximum atomic E-state index is 12.1. The summed E-state index contributed by atoms with van der Waals surface area (Å²) in [6.07, 6.45) is 1.69. The first kappa shape index (κ1) is 16.3. The molecule has 0 N–H and O–H groups in total. The number of nitro groups is 1. The van der Waals surface area contributed by atoms with E-state index in [1.807, 2.05) is 0 Å². The van der Waals surface area contributed by atoms with Gasteiger partial charge in [0.2, 0.25) is 0 Å². The standard InChI is InChI=1S/C15H14N2O6/c1-2-12(18)14(16-8-7-13(16)19)15(20)23-9-10-3-5-11(6-4-10)17(21)22/h3-6,8H,2,7,9H2,1H3. The minimum absolute atomic E-state index is 0.0690. The van der Waals surface area contributed by atoms with E-state index in [1.54, 1.807) is 6.92 Å². The third-order valence-electron chi connectivity index (χ3n) is 3.25. The second kappa shape index (κ2) is 6.82. The SMILES string of the molecule is CC/C([O-])=C(/C(=O)OCc1ccc([N+](=O)[O-])cc1)[N+]1=CCC1=O. The van der Waals surface area contributed by atoms with E-state index in [-0.39, 0.29) is 36.7 Å². The number of nitro benzene ring substituents is 1. The van der Waals surface area contributed by atoms with E-state index in [0.29, 0.717) is 5.56 Å². The monoisotopic (exact) mass is 318 g/mol. The molecule has 8 heteroatoms. The van der Waals surface area contributed by atoms with E-state index in [2.05, 4.69) is 0 Å². The number of esters is 1. The first-order chi connectivity index (χ1) is 10.9. The van der Waals surface area contributed by atoms with Gasteiger partial charge in [-0.2, -0.15) is 0 Å². The number of hydrogen-bond acceptors (Lipinski definition) is 6. The Balaban J connectivity index is 2.08. The van der Waals surface area contributed by atoms with Crippen LogP contribution in [0.15, 0.2) is 35.7 Å². The fourth-order valence-electron chi connectivity index (χ4n) is 1.92. The number of rotatable bonds is 6. The van der Waals surface area contributed by atoms with Gasteiger partial charge in [0.1, 0.15) is 6.61 Å². The lowest BCUT2D eigenvalue weighted by Crippen LogP contribution is -2.37. The molecule has 0 fully saturated rings. The molecule has 1 amide bonds. The normalized spacial score (nSPS) is 14.5. The number of non-ortho nitro benzene ring substituents is 1. The van der Waals surface area contributed by atoms with Gasteiger partial charge < -0.3 is 9.84 Å². The molecule has 2 rings (SSSR count). The molecule has 1 aliphatic rings. The van der Waals surface area contributed by atoms with Gasteiger partial charge >= 0.3 is 11.9 Å². The Morgan fingerprint density at radius 3 is 2.43 bits per heavy atom. The van der Waals surface area contributed by atoms with Crippen LogP contribution in [0.2, 0.25) is 0 Å². The van der Waals surface area contributed by atoms with Crippen LogP contribution in [0.5, 0.6) is 0 Å². The molecule has 120 valence electrons. The number of benzene rings is 1. The molecule has 0 unspecified atom stereocenters. The average Bonchev–Trinajstić information content (AvgIpc) is 2.55. The van der Waals surface area contributed by atoms with E-state index in [9.17, 15) is 24.8 Å². The van der Waals surface area contributed by atoms with Crippen molar-refractivity contribution in [2.45, 2.75) is 26.4 Å². The van der Waals surface area contributed by atoms with E-state index in [1.165, 1.54) is 30.5 Å². The molecule has 23 heavy (non-hydrogen) atoms. The van der Waals surface area contributed by atoms with Crippen LogP contribution in [0.4, 0.5) is 5.69 Å². The molecule has 0 bridgehead atoms. The highest BCUT2D eigenvalue weighted by molar-refractivity contribution is 5.98. The second-order valence-electron chi connectivity index (χ2n) is 4.78. The number of carbonyl (C=O) groups is 2. The van der Waals surface area contributed by atoms with Gasteiger partial charge in [-0.1, -0.05) is 6.92 Å². The molecule has 0 saturated carbocycles. The molecule has 0 aromatic heterocycles. The maximum absolute atomic E-state index is 12.1. The molecule has 0 spiro atoms. The average molecular weight is 318 g/mol. The summed E-state index contributed by atoms with van der Waals surface area (Å²) < 4.78 is 6.04. The molecule has 1 aromatic rings. The van der Waals surface area contributed by atoms with Crippen molar-refractivity contribution in [2.24, 2.45) is 0 Å². The van der Waals surface area contributed by atoms with E-state index < -0.39 is 16.7 Å². The van der Waals surface area contributed by atoms with Crippen LogP contribution in [0.25, 0.3) is 0 Å². The summed E-state index contributed by atoms with van der Waals surface area (Å²) >= 11 is 0. The summed E-state index contributed by atoms with van der Waals surface area (Å²) in [6, 6.07) is 5.48. The zero-order valence-corrected chi connectivity index (χ0v) is 12.4. The number of carbonyl (C=O) groups excluding carboxylic acids is 2. The predicted octanol–water partition coefficient (Wildman–Crippen LogP) is 0.633. The highest BCUT2D eigenvalue weighted by Crippen LogP contribution is 2.16. The third-order valence-corrected chi connectivity index (χ3v) is 3.25. The lowest BCUT2D eigenvalue weighted by molar-refractivity contribution is -0.428. The summed E-state index contributed by atoms with van der Waals surface area (Å²) in [5.41, 5.74) is 0.158. The Morgan fingerprint density at radius 1 is 1.35 bits per heavy atom. The van der Waals surface area contributed by atoms with Gasteiger partial charge in [0.05, 0.1) is 4.92 Å². The minimum Gasteiger partial charge on any atom is -0.871 e. The zero-order valence-electron chi connectivity index (χ0n) is 12.4. The van der Waals surface area contributed by atoms with Crippen molar-refractivity contribution in [1.82, 2.24) is 0 Å². The number of amides is 1. The van der Waals surface area contributed by atoms with Crippen molar-refractivity contribution >= 4 is 23.8 Å². The summed E-state index contributed by atoms with van der Waals surface area (Å²) in [5, 5.41) is 22.4. The van der Waals surface area contributed by atoms with Crippen LogP contribution in [0, 0.1) is 10.1 Å². The van der Waals surface area contributed by atoms with Crippen LogP contribution in [-0.4, -0.2) is 27.6 Å². The first-order valence-electron chi connectivity index (χ1n) is 6.90. The van der Waals surface area contributed by atoms with Gasteiger partial charge in [-0.05, 0) is 29.9 Å². The number of ether oxygens (including phenoxy) is 1. The lowest BCUT2D eigenvalue weighted by Gasteiger charge is -2.15. The van der Waals surface area contributed by atoms with Gasteiger partial charge in [0, 0.05) is 12.1 Å². The smallest absolute Gasteiger partial charge is 0.403 e. The van der Waals surface area contributed by atoms with E-state index >= 15 is 0 Å². The van der Waals surface area contributed by atoms with Crippen molar-refractivity contribution < 1.29 is 28.9 Å². The van der Waals surface area contributed by atoms with E-state index in [0.717, 1.165) is 4.58 Å². The lowest BCUT2D eigenvalue weighted by atomic mass is 10.2. The first-order valence-corrected chi connectivity index (χ1v) is 6.90. The third kappa shape index (κ3) is 3.60. The number of nitrogens with zero attached hydrogens (tertiary/aromatic N) is 2. The quantitative estimate of drug-likeness (QED) is 0.190. The fourth-order valence-corrected chi connectivity index (χ4v) is 1.92. The Bertz CT molecular complexity index is 718. The van der Waals surface area contributed by atoms with Crippen LogP contribution >= 0.6 is 0 Å². The molecule has 0 aliphatic carbocycles. The number of hydrogen-bond donors (Lipinski definition) is 0. The maximum Gasteiger partial charge on any atom is 0.403 e. The van der Waals surface area contributed by atoms with Crippen LogP contribution in [-0.2, 0) is 20.9 Å². The van der Waals surface area contributed by atoms with Crippen molar-refractivity contribution in [3.05, 3.63) is 51.4 Å². The van der Waals surface area contributed by atoms with Crippen molar-refractivity contribution in [2.75, 3.05) is 0 Å². The molecule has 1 aliphatic heterocycles. The Kier molecular flexibility index (Phi) is 4.85. The molecule has 0 radical (unpaired) electrons. The highest BCUT2D eigenvalue weighted by Gasteiger charge is 2.36. The minimum atomic E-state index is -0.889. The zero-order chi connectivity index (χ0) is 17.0. The summed E-state index contributed by atoms with van der Waals surface area (Å²) in [7, 11) is 0. The molecule has 1 aromatic carbocycles. The van der Waals surface area contributed by atoms with Gasteiger partial charge in [-0.25, -0.2) is 9.59 Å². The van der Waals surface area contributed by atoms with Gasteiger partial charge in [-0.15, -0.1) is 4.58 Å². The van der Waals surface area contributed by atoms with Crippen molar-refractivity contribution in [1.29, 1.82) is 0 Å². The van der Waals surface area contributed by atoms with Gasteiger partial charge in [0.25, 0.3) is 11.4 Å².